The van der Waals surface area contributed by atoms with Gasteiger partial charge in [0, 0.05) is 13.2 Å². The second-order valence-corrected chi connectivity index (χ2v) is 6.51. The van der Waals surface area contributed by atoms with Crippen molar-refractivity contribution >= 4 is 22.6 Å². The fourth-order valence-corrected chi connectivity index (χ4v) is 2.65. The zero-order chi connectivity index (χ0) is 15.4. The minimum atomic E-state index is -0.0791. The van der Waals surface area contributed by atoms with Crippen LogP contribution in [0.2, 0.25) is 0 Å². The van der Waals surface area contributed by atoms with Crippen LogP contribution in [0.4, 0.5) is 0 Å². The third-order valence-corrected chi connectivity index (χ3v) is 3.71. The van der Waals surface area contributed by atoms with Crippen molar-refractivity contribution in [2.24, 2.45) is 0 Å². The second kappa shape index (κ2) is 7.28. The van der Waals surface area contributed by atoms with Crippen LogP contribution in [0.1, 0.15) is 50.4 Å². The van der Waals surface area contributed by atoms with Gasteiger partial charge in [0.25, 0.3) is 0 Å². The molecule has 1 aromatic heterocycles. The maximum atomic E-state index is 6.29. The fourth-order valence-electron chi connectivity index (χ4n) is 2.48. The number of hydrogen-bond donors (Lipinski definition) is 0. The first-order valence-electron chi connectivity index (χ1n) is 7.71. The van der Waals surface area contributed by atoms with E-state index in [-0.39, 0.29) is 5.38 Å². The number of aryl methyl sites for hydroxylation is 2. The van der Waals surface area contributed by atoms with Crippen LogP contribution in [0.25, 0.3) is 11.0 Å². The maximum absolute atomic E-state index is 6.29. The molecule has 0 amide bonds. The number of imidazole rings is 1. The molecule has 0 saturated carbocycles. The molecule has 0 N–H and O–H groups in total. The first-order chi connectivity index (χ1) is 9.99. The largest absolute Gasteiger partial charge is 0.379 e. The van der Waals surface area contributed by atoms with Gasteiger partial charge in [-0.05, 0) is 58.2 Å². The molecule has 0 aliphatic rings. The standard InChI is InChI=1S/C17H25ClN2O/c1-12(2)21-10-6-5-9-20-16-11-13(3)7-8-15(16)19-17(20)14(4)18/h7-8,11-12,14H,5-6,9-10H2,1-4H3. The van der Waals surface area contributed by atoms with Crippen molar-refractivity contribution in [1.82, 2.24) is 9.55 Å². The molecule has 0 bridgehead atoms. The lowest BCUT2D eigenvalue weighted by molar-refractivity contribution is 0.0754. The lowest BCUT2D eigenvalue weighted by atomic mass is 10.2. The number of alkyl halides is 1. The zero-order valence-electron chi connectivity index (χ0n) is 13.4. The Bertz CT molecular complexity index is 590. The molecule has 0 radical (unpaired) electrons. The number of halogens is 1. The summed E-state index contributed by atoms with van der Waals surface area (Å²) in [5.41, 5.74) is 3.46. The summed E-state index contributed by atoms with van der Waals surface area (Å²) in [7, 11) is 0. The molecule has 116 valence electrons. The summed E-state index contributed by atoms with van der Waals surface area (Å²) in [6, 6.07) is 6.36. The Morgan fingerprint density at radius 3 is 2.67 bits per heavy atom. The van der Waals surface area contributed by atoms with Crippen LogP contribution in [0, 0.1) is 6.92 Å². The summed E-state index contributed by atoms with van der Waals surface area (Å²) in [5, 5.41) is -0.0791. The molecule has 0 aliphatic heterocycles. The summed E-state index contributed by atoms with van der Waals surface area (Å²) in [4.78, 5) is 4.68. The van der Waals surface area contributed by atoms with Gasteiger partial charge in [0.2, 0.25) is 0 Å². The van der Waals surface area contributed by atoms with Crippen molar-refractivity contribution in [2.45, 2.75) is 58.6 Å². The zero-order valence-corrected chi connectivity index (χ0v) is 14.2. The molecule has 4 heteroatoms. The van der Waals surface area contributed by atoms with Crippen LogP contribution < -0.4 is 0 Å². The highest BCUT2D eigenvalue weighted by Gasteiger charge is 2.14. The summed E-state index contributed by atoms with van der Waals surface area (Å²) < 4.78 is 7.85. The monoisotopic (exact) mass is 308 g/mol. The van der Waals surface area contributed by atoms with Crippen molar-refractivity contribution in [1.29, 1.82) is 0 Å². The molecule has 2 aromatic rings. The molecule has 0 spiro atoms. The summed E-state index contributed by atoms with van der Waals surface area (Å²) >= 11 is 6.29. The van der Waals surface area contributed by atoms with Gasteiger partial charge in [-0.15, -0.1) is 11.6 Å². The maximum Gasteiger partial charge on any atom is 0.127 e. The number of nitrogens with zero attached hydrogens (tertiary/aromatic N) is 2. The average Bonchev–Trinajstić information content (AvgIpc) is 2.76. The van der Waals surface area contributed by atoms with Gasteiger partial charge in [-0.1, -0.05) is 6.07 Å². The van der Waals surface area contributed by atoms with Gasteiger partial charge in [-0.25, -0.2) is 4.98 Å². The van der Waals surface area contributed by atoms with Gasteiger partial charge in [0.15, 0.2) is 0 Å². The molecule has 1 aromatic carbocycles. The lowest BCUT2D eigenvalue weighted by Gasteiger charge is -2.11. The second-order valence-electron chi connectivity index (χ2n) is 5.86. The van der Waals surface area contributed by atoms with Gasteiger partial charge in [0.1, 0.15) is 5.82 Å². The normalized spacial score (nSPS) is 13.2. The third kappa shape index (κ3) is 4.21. The van der Waals surface area contributed by atoms with Crippen molar-refractivity contribution in [3.63, 3.8) is 0 Å². The molecular formula is C17H25ClN2O. The Hall–Kier alpha value is -1.06. The molecular weight excluding hydrogens is 284 g/mol. The molecule has 1 heterocycles. The van der Waals surface area contributed by atoms with Crippen molar-refractivity contribution in [3.05, 3.63) is 29.6 Å². The number of rotatable bonds is 7. The van der Waals surface area contributed by atoms with Gasteiger partial charge >= 0.3 is 0 Å². The van der Waals surface area contributed by atoms with E-state index in [1.165, 1.54) is 11.1 Å². The van der Waals surface area contributed by atoms with E-state index in [0.717, 1.165) is 37.3 Å². The number of unbranched alkanes of at least 4 members (excludes halogenated alkanes) is 1. The van der Waals surface area contributed by atoms with E-state index >= 15 is 0 Å². The molecule has 3 nitrogen and oxygen atoms in total. The number of aromatic nitrogens is 2. The highest BCUT2D eigenvalue weighted by atomic mass is 35.5. The Balaban J connectivity index is 2.12. The van der Waals surface area contributed by atoms with Gasteiger partial charge in [-0.3, -0.25) is 0 Å². The van der Waals surface area contributed by atoms with Crippen LogP contribution in [-0.2, 0) is 11.3 Å². The molecule has 0 aliphatic carbocycles. The van der Waals surface area contributed by atoms with Crippen LogP contribution in [0.15, 0.2) is 18.2 Å². The van der Waals surface area contributed by atoms with Gasteiger partial charge in [0.05, 0.1) is 22.5 Å². The number of fused-ring (bicyclic) bond motifs is 1. The van der Waals surface area contributed by atoms with Crippen molar-refractivity contribution < 1.29 is 4.74 Å². The Morgan fingerprint density at radius 1 is 1.24 bits per heavy atom. The van der Waals surface area contributed by atoms with E-state index in [9.17, 15) is 0 Å². The van der Waals surface area contributed by atoms with E-state index in [2.05, 4.69) is 48.5 Å². The predicted molar refractivity (Wildman–Crippen MR) is 89.1 cm³/mol. The molecule has 0 fully saturated rings. The molecule has 21 heavy (non-hydrogen) atoms. The van der Waals surface area contributed by atoms with E-state index < -0.39 is 0 Å². The SMILES string of the molecule is Cc1ccc2nc(C(C)Cl)n(CCCCOC(C)C)c2c1. The highest BCUT2D eigenvalue weighted by molar-refractivity contribution is 6.20. The van der Waals surface area contributed by atoms with Crippen LogP contribution >= 0.6 is 11.6 Å². The molecule has 1 unspecified atom stereocenters. The number of ether oxygens (including phenoxy) is 1. The molecule has 2 rings (SSSR count). The van der Waals surface area contributed by atoms with Gasteiger partial charge < -0.3 is 9.30 Å². The Labute approximate surface area is 132 Å². The Kier molecular flexibility index (Phi) is 5.65. The highest BCUT2D eigenvalue weighted by Crippen LogP contribution is 2.25. The fraction of sp³-hybridized carbons (Fsp3) is 0.588. The first kappa shape index (κ1) is 16.3. The van der Waals surface area contributed by atoms with Crippen LogP contribution in [-0.4, -0.2) is 22.3 Å². The van der Waals surface area contributed by atoms with E-state index in [1.807, 2.05) is 6.92 Å². The van der Waals surface area contributed by atoms with Gasteiger partial charge in [-0.2, -0.15) is 0 Å². The first-order valence-corrected chi connectivity index (χ1v) is 8.15. The Morgan fingerprint density at radius 2 is 2.00 bits per heavy atom. The summed E-state index contributed by atoms with van der Waals surface area (Å²) in [5.74, 6) is 0.960. The third-order valence-electron chi connectivity index (χ3n) is 3.52. The average molecular weight is 309 g/mol. The van der Waals surface area contributed by atoms with E-state index in [1.54, 1.807) is 0 Å². The summed E-state index contributed by atoms with van der Waals surface area (Å²) in [6.07, 6.45) is 2.43. The minimum Gasteiger partial charge on any atom is -0.379 e. The van der Waals surface area contributed by atoms with E-state index in [4.69, 9.17) is 16.3 Å². The summed E-state index contributed by atoms with van der Waals surface area (Å²) in [6.45, 7) is 9.98. The minimum absolute atomic E-state index is 0.0791. The molecule has 0 saturated heterocycles. The molecule has 1 atom stereocenters. The smallest absolute Gasteiger partial charge is 0.127 e. The lowest BCUT2D eigenvalue weighted by Crippen LogP contribution is -2.07. The topological polar surface area (TPSA) is 27.1 Å². The van der Waals surface area contributed by atoms with Crippen molar-refractivity contribution in [2.75, 3.05) is 6.61 Å². The van der Waals surface area contributed by atoms with Crippen LogP contribution in [0.5, 0.6) is 0 Å². The predicted octanol–water partition coefficient (Wildman–Crippen LogP) is 4.85. The van der Waals surface area contributed by atoms with Crippen molar-refractivity contribution in [3.8, 4) is 0 Å². The van der Waals surface area contributed by atoms with E-state index in [0.29, 0.717) is 6.10 Å². The quantitative estimate of drug-likeness (QED) is 0.540. The van der Waals surface area contributed by atoms with Crippen LogP contribution in [0.3, 0.4) is 0 Å². The number of benzene rings is 1. The number of hydrogen-bond acceptors (Lipinski definition) is 2.